The van der Waals surface area contributed by atoms with Crippen LogP contribution in [0.15, 0.2) is 18.2 Å². The van der Waals surface area contributed by atoms with Crippen LogP contribution in [0.25, 0.3) is 0 Å². The Morgan fingerprint density at radius 2 is 2.29 bits per heavy atom. The number of halogens is 2. The molecule has 0 radical (unpaired) electrons. The first-order valence-corrected chi connectivity index (χ1v) is 7.08. The topological polar surface area (TPSA) is 12.0 Å². The van der Waals surface area contributed by atoms with Crippen molar-refractivity contribution in [3.05, 3.63) is 35.4 Å². The third kappa shape index (κ3) is 3.42. The van der Waals surface area contributed by atoms with E-state index in [4.69, 9.17) is 0 Å². The van der Waals surface area contributed by atoms with E-state index in [0.717, 1.165) is 12.6 Å². The van der Waals surface area contributed by atoms with Gasteiger partial charge in [-0.3, -0.25) is 0 Å². The van der Waals surface area contributed by atoms with E-state index in [0.29, 0.717) is 11.5 Å². The smallest absolute Gasteiger partial charge is 0.128 e. The van der Waals surface area contributed by atoms with Gasteiger partial charge >= 0.3 is 0 Å². The zero-order valence-corrected chi connectivity index (χ0v) is 10.7. The van der Waals surface area contributed by atoms with Crippen LogP contribution in [-0.4, -0.2) is 18.1 Å². The molecule has 0 amide bonds. The predicted octanol–water partition coefficient (Wildman–Crippen LogP) is 3.37. The highest BCUT2D eigenvalue weighted by molar-refractivity contribution is 7.99. The molecule has 1 aromatic rings. The van der Waals surface area contributed by atoms with Crippen molar-refractivity contribution in [1.29, 1.82) is 0 Å². The number of rotatable bonds is 4. The lowest BCUT2D eigenvalue weighted by Crippen LogP contribution is -2.26. The summed E-state index contributed by atoms with van der Waals surface area (Å²) in [4.78, 5) is 0. The quantitative estimate of drug-likeness (QED) is 0.887. The minimum absolute atomic E-state index is 0.142. The zero-order valence-electron chi connectivity index (χ0n) is 9.88. The molecule has 2 atom stereocenters. The van der Waals surface area contributed by atoms with Crippen LogP contribution >= 0.6 is 11.8 Å². The predicted molar refractivity (Wildman–Crippen MR) is 68.2 cm³/mol. The van der Waals surface area contributed by atoms with Crippen molar-refractivity contribution >= 4 is 11.8 Å². The van der Waals surface area contributed by atoms with Crippen LogP contribution in [0.2, 0.25) is 0 Å². The molecule has 2 rings (SSSR count). The molecular formula is C13H17F2NS. The number of hydrogen-bond acceptors (Lipinski definition) is 2. The summed E-state index contributed by atoms with van der Waals surface area (Å²) in [5.41, 5.74) is 0.413. The van der Waals surface area contributed by atoms with E-state index in [2.05, 4.69) is 5.32 Å². The molecule has 0 aromatic heterocycles. The van der Waals surface area contributed by atoms with Crippen molar-refractivity contribution in [2.45, 2.75) is 19.4 Å². The van der Waals surface area contributed by atoms with Gasteiger partial charge in [0.1, 0.15) is 11.6 Å². The third-order valence-corrected chi connectivity index (χ3v) is 4.39. The maximum absolute atomic E-state index is 13.5. The molecule has 2 unspecified atom stereocenters. The summed E-state index contributed by atoms with van der Waals surface area (Å²) in [6.07, 6.45) is 1.22. The summed E-state index contributed by atoms with van der Waals surface area (Å²) < 4.78 is 26.6. The lowest BCUT2D eigenvalue weighted by atomic mass is 10.1. The van der Waals surface area contributed by atoms with E-state index in [1.54, 1.807) is 0 Å². The molecule has 1 aromatic carbocycles. The summed E-state index contributed by atoms with van der Waals surface area (Å²) in [5, 5.41) is 3.29. The SMILES string of the molecule is CC(NCC1CCSC1)c1cc(F)ccc1F. The highest BCUT2D eigenvalue weighted by atomic mass is 32.2. The maximum Gasteiger partial charge on any atom is 0.128 e. The number of thioether (sulfide) groups is 1. The first-order chi connectivity index (χ1) is 8.16. The van der Waals surface area contributed by atoms with Gasteiger partial charge in [0, 0.05) is 11.6 Å². The fraction of sp³-hybridized carbons (Fsp3) is 0.538. The molecular weight excluding hydrogens is 240 g/mol. The molecule has 0 aliphatic carbocycles. The molecule has 1 fully saturated rings. The summed E-state index contributed by atoms with van der Waals surface area (Å²) in [6, 6.07) is 3.47. The van der Waals surface area contributed by atoms with Crippen molar-refractivity contribution in [2.24, 2.45) is 5.92 Å². The minimum atomic E-state index is -0.383. The average molecular weight is 257 g/mol. The first kappa shape index (κ1) is 12.8. The number of hydrogen-bond donors (Lipinski definition) is 1. The van der Waals surface area contributed by atoms with Gasteiger partial charge in [-0.15, -0.1) is 0 Å². The largest absolute Gasteiger partial charge is 0.310 e. The summed E-state index contributed by atoms with van der Waals surface area (Å²) in [6.45, 7) is 2.75. The van der Waals surface area contributed by atoms with E-state index >= 15 is 0 Å². The van der Waals surface area contributed by atoms with Gasteiger partial charge in [-0.25, -0.2) is 8.78 Å². The Bertz CT molecular complexity index is 378. The second-order valence-electron chi connectivity index (χ2n) is 4.53. The molecule has 1 N–H and O–H groups in total. The summed E-state index contributed by atoms with van der Waals surface area (Å²) >= 11 is 1.96. The second kappa shape index (κ2) is 5.83. The molecule has 0 bridgehead atoms. The van der Waals surface area contributed by atoms with Gasteiger partial charge in [0.2, 0.25) is 0 Å². The zero-order chi connectivity index (χ0) is 12.3. The van der Waals surface area contributed by atoms with Crippen molar-refractivity contribution in [3.8, 4) is 0 Å². The Labute approximate surface area is 105 Å². The summed E-state index contributed by atoms with van der Waals surface area (Å²) in [5.74, 6) is 2.33. The molecule has 4 heteroatoms. The van der Waals surface area contributed by atoms with Gasteiger partial charge in [-0.05, 0) is 55.5 Å². The monoisotopic (exact) mass is 257 g/mol. The van der Waals surface area contributed by atoms with Gasteiger partial charge in [-0.2, -0.15) is 11.8 Å². The molecule has 94 valence electrons. The van der Waals surface area contributed by atoms with Crippen LogP contribution in [-0.2, 0) is 0 Å². The van der Waals surface area contributed by atoms with Gasteiger partial charge < -0.3 is 5.32 Å². The lowest BCUT2D eigenvalue weighted by molar-refractivity contribution is 0.461. The molecule has 1 heterocycles. The van der Waals surface area contributed by atoms with Crippen molar-refractivity contribution in [3.63, 3.8) is 0 Å². The van der Waals surface area contributed by atoms with Crippen molar-refractivity contribution in [2.75, 3.05) is 18.1 Å². The molecule has 17 heavy (non-hydrogen) atoms. The molecule has 1 aliphatic rings. The van der Waals surface area contributed by atoms with E-state index in [1.165, 1.54) is 30.1 Å². The van der Waals surface area contributed by atoms with Gasteiger partial charge in [0.15, 0.2) is 0 Å². The van der Waals surface area contributed by atoms with Crippen LogP contribution in [0.3, 0.4) is 0 Å². The fourth-order valence-electron chi connectivity index (χ4n) is 2.04. The number of benzene rings is 1. The molecule has 1 aliphatic heterocycles. The Kier molecular flexibility index (Phi) is 4.40. The van der Waals surface area contributed by atoms with Crippen LogP contribution in [0.4, 0.5) is 8.78 Å². The molecule has 0 spiro atoms. The molecule has 1 nitrogen and oxygen atoms in total. The average Bonchev–Trinajstić information content (AvgIpc) is 2.82. The minimum Gasteiger partial charge on any atom is -0.310 e. The third-order valence-electron chi connectivity index (χ3n) is 3.16. The Morgan fingerprint density at radius 3 is 3.00 bits per heavy atom. The number of nitrogens with one attached hydrogen (secondary N) is 1. The first-order valence-electron chi connectivity index (χ1n) is 5.93. The van der Waals surface area contributed by atoms with Gasteiger partial charge in [-0.1, -0.05) is 0 Å². The standard InChI is InChI=1S/C13H17F2NS/c1-9(16-7-10-4-5-17-8-10)12-6-11(14)2-3-13(12)15/h2-3,6,9-10,16H,4-5,7-8H2,1H3. The Hall–Kier alpha value is -0.610. The van der Waals surface area contributed by atoms with Gasteiger partial charge in [0.25, 0.3) is 0 Å². The van der Waals surface area contributed by atoms with E-state index in [-0.39, 0.29) is 17.7 Å². The normalized spacial score (nSPS) is 21.7. The Morgan fingerprint density at radius 1 is 1.47 bits per heavy atom. The fourth-order valence-corrected chi connectivity index (χ4v) is 3.33. The van der Waals surface area contributed by atoms with E-state index in [1.807, 2.05) is 18.7 Å². The van der Waals surface area contributed by atoms with E-state index < -0.39 is 0 Å². The van der Waals surface area contributed by atoms with Crippen molar-refractivity contribution in [1.82, 2.24) is 5.32 Å². The highest BCUT2D eigenvalue weighted by Gasteiger charge is 2.17. The highest BCUT2D eigenvalue weighted by Crippen LogP contribution is 2.24. The van der Waals surface area contributed by atoms with Crippen LogP contribution in [0, 0.1) is 17.6 Å². The molecule has 1 saturated heterocycles. The van der Waals surface area contributed by atoms with Crippen LogP contribution in [0.1, 0.15) is 24.9 Å². The second-order valence-corrected chi connectivity index (χ2v) is 5.68. The van der Waals surface area contributed by atoms with Crippen LogP contribution < -0.4 is 5.32 Å². The lowest BCUT2D eigenvalue weighted by Gasteiger charge is -2.17. The maximum atomic E-state index is 13.5. The summed E-state index contributed by atoms with van der Waals surface area (Å²) in [7, 11) is 0. The van der Waals surface area contributed by atoms with E-state index in [9.17, 15) is 8.78 Å². The van der Waals surface area contributed by atoms with Crippen molar-refractivity contribution < 1.29 is 8.78 Å². The van der Waals surface area contributed by atoms with Gasteiger partial charge in [0.05, 0.1) is 0 Å². The Balaban J connectivity index is 1.93. The molecule has 0 saturated carbocycles. The van der Waals surface area contributed by atoms with Crippen LogP contribution in [0.5, 0.6) is 0 Å².